The number of nitrogens with one attached hydrogen (secondary N) is 2. The first-order valence-electron chi connectivity index (χ1n) is 10.6. The smallest absolute Gasteiger partial charge is 0.257 e. The summed E-state index contributed by atoms with van der Waals surface area (Å²) in [6.45, 7) is 1.79. The molecule has 1 aromatic heterocycles. The number of nitrogens with zero attached hydrogens (tertiary/aromatic N) is 1. The third-order valence-electron chi connectivity index (χ3n) is 4.96. The Kier molecular flexibility index (Phi) is 7.24. The molecule has 2 N–H and O–H groups in total. The van der Waals surface area contributed by atoms with E-state index in [0.717, 1.165) is 25.3 Å². The molecular formula is C27H25N3O2. The highest BCUT2D eigenvalue weighted by molar-refractivity contribution is 6.04. The first-order chi connectivity index (χ1) is 15.8. The van der Waals surface area contributed by atoms with Crippen molar-refractivity contribution >= 4 is 11.6 Å². The van der Waals surface area contributed by atoms with Crippen LogP contribution in [0.5, 0.6) is 11.5 Å². The fourth-order valence-corrected chi connectivity index (χ4v) is 3.23. The van der Waals surface area contributed by atoms with Gasteiger partial charge in [-0.15, -0.1) is 0 Å². The molecule has 0 aliphatic heterocycles. The average Bonchev–Trinajstić information content (AvgIpc) is 2.85. The Hall–Kier alpha value is -3.96. The number of carbonyl (C=O) groups is 1. The summed E-state index contributed by atoms with van der Waals surface area (Å²) in [4.78, 5) is 16.2. The van der Waals surface area contributed by atoms with Crippen molar-refractivity contribution in [2.24, 2.45) is 0 Å². The highest BCUT2D eigenvalue weighted by atomic mass is 16.5. The van der Waals surface area contributed by atoms with Crippen LogP contribution in [0.3, 0.4) is 0 Å². The van der Waals surface area contributed by atoms with Crippen molar-refractivity contribution < 1.29 is 9.53 Å². The molecular weight excluding hydrogens is 398 g/mol. The van der Waals surface area contributed by atoms with Gasteiger partial charge >= 0.3 is 0 Å². The Balaban J connectivity index is 1.24. The largest absolute Gasteiger partial charge is 0.457 e. The summed E-state index contributed by atoms with van der Waals surface area (Å²) < 4.78 is 5.92. The van der Waals surface area contributed by atoms with Gasteiger partial charge in [0.05, 0.1) is 5.56 Å². The summed E-state index contributed by atoms with van der Waals surface area (Å²) in [5.41, 5.74) is 3.76. The van der Waals surface area contributed by atoms with E-state index in [2.05, 4.69) is 52.0 Å². The third kappa shape index (κ3) is 6.27. The number of hydrogen-bond acceptors (Lipinski definition) is 4. The minimum atomic E-state index is -0.194. The van der Waals surface area contributed by atoms with E-state index in [4.69, 9.17) is 4.74 Å². The van der Waals surface area contributed by atoms with Gasteiger partial charge in [-0.05, 0) is 72.6 Å². The van der Waals surface area contributed by atoms with Crippen LogP contribution in [0.2, 0.25) is 0 Å². The van der Waals surface area contributed by atoms with Gasteiger partial charge in [0.2, 0.25) is 0 Å². The average molecular weight is 424 g/mol. The fourth-order valence-electron chi connectivity index (χ4n) is 3.23. The molecule has 5 heteroatoms. The molecule has 0 aliphatic carbocycles. The third-order valence-corrected chi connectivity index (χ3v) is 4.96. The number of rotatable bonds is 9. The van der Waals surface area contributed by atoms with Crippen LogP contribution in [0.1, 0.15) is 21.5 Å². The Morgan fingerprint density at radius 1 is 0.781 bits per heavy atom. The molecule has 0 atom stereocenters. The van der Waals surface area contributed by atoms with Gasteiger partial charge < -0.3 is 15.4 Å². The molecule has 0 radical (unpaired) electrons. The van der Waals surface area contributed by atoms with Gasteiger partial charge in [-0.1, -0.05) is 42.5 Å². The molecule has 1 heterocycles. The maximum absolute atomic E-state index is 12.2. The van der Waals surface area contributed by atoms with E-state index < -0.39 is 0 Å². The van der Waals surface area contributed by atoms with Gasteiger partial charge in [0.15, 0.2) is 0 Å². The highest BCUT2D eigenvalue weighted by Gasteiger charge is 2.06. The standard InChI is InChI=1S/C27H25N3O2/c31-27(23-7-4-17-28-20-23)30-24-10-14-26(15-11-24)32-25-12-8-21(9-13-25)16-18-29-19-22-5-2-1-3-6-22/h1-15,17,20,29H,16,18-19H2,(H,30,31). The topological polar surface area (TPSA) is 63.2 Å². The molecule has 0 bridgehead atoms. The molecule has 160 valence electrons. The van der Waals surface area contributed by atoms with Crippen molar-refractivity contribution in [3.63, 3.8) is 0 Å². The van der Waals surface area contributed by atoms with E-state index in [-0.39, 0.29) is 5.91 Å². The van der Waals surface area contributed by atoms with Crippen LogP contribution in [0.4, 0.5) is 5.69 Å². The maximum Gasteiger partial charge on any atom is 0.257 e. The van der Waals surface area contributed by atoms with E-state index in [1.54, 1.807) is 18.3 Å². The van der Waals surface area contributed by atoms with E-state index in [1.165, 1.54) is 17.3 Å². The summed E-state index contributed by atoms with van der Waals surface area (Å²) >= 11 is 0. The molecule has 32 heavy (non-hydrogen) atoms. The van der Waals surface area contributed by atoms with Crippen molar-refractivity contribution in [2.75, 3.05) is 11.9 Å². The lowest BCUT2D eigenvalue weighted by atomic mass is 10.1. The summed E-state index contributed by atoms with van der Waals surface area (Å²) in [5.74, 6) is 1.29. The van der Waals surface area contributed by atoms with Crippen molar-refractivity contribution in [3.05, 3.63) is 120 Å². The van der Waals surface area contributed by atoms with Crippen molar-refractivity contribution in [3.8, 4) is 11.5 Å². The molecule has 5 nitrogen and oxygen atoms in total. The van der Waals surface area contributed by atoms with Gasteiger partial charge in [0.25, 0.3) is 5.91 Å². The molecule has 0 saturated heterocycles. The Bertz CT molecular complexity index is 1110. The molecule has 4 rings (SSSR count). The number of aromatic nitrogens is 1. The maximum atomic E-state index is 12.2. The number of hydrogen-bond donors (Lipinski definition) is 2. The monoisotopic (exact) mass is 423 g/mol. The van der Waals surface area contributed by atoms with Crippen LogP contribution in [0.25, 0.3) is 0 Å². The zero-order valence-electron chi connectivity index (χ0n) is 17.7. The van der Waals surface area contributed by atoms with Gasteiger partial charge in [0, 0.05) is 24.6 Å². The summed E-state index contributed by atoms with van der Waals surface area (Å²) in [7, 11) is 0. The lowest BCUT2D eigenvalue weighted by molar-refractivity contribution is 0.102. The van der Waals surface area contributed by atoms with Gasteiger partial charge in [-0.3, -0.25) is 9.78 Å². The number of anilines is 1. The Morgan fingerprint density at radius 2 is 1.50 bits per heavy atom. The fraction of sp³-hybridized carbons (Fsp3) is 0.111. The summed E-state index contributed by atoms with van der Waals surface area (Å²) in [5, 5.41) is 6.32. The van der Waals surface area contributed by atoms with Gasteiger partial charge in [-0.25, -0.2) is 0 Å². The highest BCUT2D eigenvalue weighted by Crippen LogP contribution is 2.23. The molecule has 4 aromatic rings. The minimum absolute atomic E-state index is 0.194. The van der Waals surface area contributed by atoms with Crippen LogP contribution < -0.4 is 15.4 Å². The minimum Gasteiger partial charge on any atom is -0.457 e. The van der Waals surface area contributed by atoms with Crippen LogP contribution >= 0.6 is 0 Å². The predicted octanol–water partition coefficient (Wildman–Crippen LogP) is 5.46. The van der Waals surface area contributed by atoms with Gasteiger partial charge in [0.1, 0.15) is 11.5 Å². The van der Waals surface area contributed by atoms with Crippen LogP contribution in [-0.4, -0.2) is 17.4 Å². The molecule has 0 fully saturated rings. The Labute approximate surface area is 188 Å². The van der Waals surface area contributed by atoms with Crippen LogP contribution in [-0.2, 0) is 13.0 Å². The van der Waals surface area contributed by atoms with Crippen molar-refractivity contribution in [1.82, 2.24) is 10.3 Å². The molecule has 1 amide bonds. The van der Waals surface area contributed by atoms with Crippen LogP contribution in [0, 0.1) is 0 Å². The number of pyridine rings is 1. The lowest BCUT2D eigenvalue weighted by Crippen LogP contribution is -2.16. The first-order valence-corrected chi connectivity index (χ1v) is 10.6. The second kappa shape index (κ2) is 10.9. The zero-order valence-corrected chi connectivity index (χ0v) is 17.7. The Morgan fingerprint density at radius 3 is 2.19 bits per heavy atom. The quantitative estimate of drug-likeness (QED) is 0.351. The zero-order chi connectivity index (χ0) is 22.0. The molecule has 0 aliphatic rings. The van der Waals surface area contributed by atoms with Crippen LogP contribution in [0.15, 0.2) is 103 Å². The summed E-state index contributed by atoms with van der Waals surface area (Å²) in [6, 6.07) is 29.3. The summed E-state index contributed by atoms with van der Waals surface area (Å²) in [6.07, 6.45) is 4.13. The SMILES string of the molecule is O=C(Nc1ccc(Oc2ccc(CCNCc3ccccc3)cc2)cc1)c1cccnc1. The van der Waals surface area contributed by atoms with E-state index in [1.807, 2.05) is 42.5 Å². The second-order valence-corrected chi connectivity index (χ2v) is 7.38. The number of carbonyl (C=O) groups excluding carboxylic acids is 1. The molecule has 0 spiro atoms. The number of benzene rings is 3. The van der Waals surface area contributed by atoms with Crippen molar-refractivity contribution in [2.45, 2.75) is 13.0 Å². The van der Waals surface area contributed by atoms with E-state index >= 15 is 0 Å². The molecule has 3 aromatic carbocycles. The van der Waals surface area contributed by atoms with E-state index in [9.17, 15) is 4.79 Å². The van der Waals surface area contributed by atoms with Crippen molar-refractivity contribution in [1.29, 1.82) is 0 Å². The van der Waals surface area contributed by atoms with Gasteiger partial charge in [-0.2, -0.15) is 0 Å². The number of amides is 1. The first kappa shape index (κ1) is 21.3. The van der Waals surface area contributed by atoms with E-state index in [0.29, 0.717) is 17.0 Å². The number of ether oxygens (including phenoxy) is 1. The molecule has 0 saturated carbocycles. The normalized spacial score (nSPS) is 10.5. The lowest BCUT2D eigenvalue weighted by Gasteiger charge is -2.09. The predicted molar refractivity (Wildman–Crippen MR) is 127 cm³/mol. The second-order valence-electron chi connectivity index (χ2n) is 7.38. The molecule has 0 unspecified atom stereocenters.